The molecule has 4 atom stereocenters. The monoisotopic (exact) mass is 268 g/mol. The molecule has 2 aliphatic carbocycles. The van der Waals surface area contributed by atoms with Crippen molar-refractivity contribution in [1.82, 2.24) is 10.6 Å². The molecular weight excluding hydrogens is 244 g/mol. The number of carbonyl (C=O) groups is 2. The standard InChI is InChI=1S/C14H24N2O3/c1-8(2)16-11(17)5-6-15-13-10-4-3-9(7-10)12(13)14(18)19/h8-10,12-13,15H,3-7H2,1-2H3,(H,16,17)(H,18,19). The number of aliphatic carboxylic acids is 1. The summed E-state index contributed by atoms with van der Waals surface area (Å²) in [6, 6.07) is 0.213. The molecule has 19 heavy (non-hydrogen) atoms. The van der Waals surface area contributed by atoms with Gasteiger partial charge in [0.2, 0.25) is 5.91 Å². The summed E-state index contributed by atoms with van der Waals surface area (Å²) in [6.07, 6.45) is 3.63. The summed E-state index contributed by atoms with van der Waals surface area (Å²) in [5, 5.41) is 15.5. The smallest absolute Gasteiger partial charge is 0.308 e. The molecule has 108 valence electrons. The quantitative estimate of drug-likeness (QED) is 0.671. The van der Waals surface area contributed by atoms with Crippen LogP contribution in [-0.2, 0) is 9.59 Å². The summed E-state index contributed by atoms with van der Waals surface area (Å²) in [6.45, 7) is 4.43. The van der Waals surface area contributed by atoms with E-state index in [1.54, 1.807) is 0 Å². The van der Waals surface area contributed by atoms with E-state index in [9.17, 15) is 14.7 Å². The van der Waals surface area contributed by atoms with E-state index in [1.165, 1.54) is 0 Å². The van der Waals surface area contributed by atoms with Crippen LogP contribution in [0.2, 0.25) is 0 Å². The lowest BCUT2D eigenvalue weighted by molar-refractivity contribution is -0.144. The predicted molar refractivity (Wildman–Crippen MR) is 71.6 cm³/mol. The van der Waals surface area contributed by atoms with Crippen molar-refractivity contribution >= 4 is 11.9 Å². The van der Waals surface area contributed by atoms with E-state index < -0.39 is 5.97 Å². The third kappa shape index (κ3) is 3.26. The average molecular weight is 268 g/mol. The van der Waals surface area contributed by atoms with Gasteiger partial charge in [0.25, 0.3) is 0 Å². The van der Waals surface area contributed by atoms with Gasteiger partial charge in [0.1, 0.15) is 0 Å². The Morgan fingerprint density at radius 2 is 1.95 bits per heavy atom. The summed E-state index contributed by atoms with van der Waals surface area (Å²) in [7, 11) is 0. The number of carboxylic acids is 1. The molecule has 4 unspecified atom stereocenters. The molecule has 0 saturated heterocycles. The van der Waals surface area contributed by atoms with Crippen molar-refractivity contribution in [3.63, 3.8) is 0 Å². The molecule has 0 aromatic rings. The molecule has 1 amide bonds. The molecule has 0 spiro atoms. The highest BCUT2D eigenvalue weighted by atomic mass is 16.4. The Balaban J connectivity index is 1.79. The topological polar surface area (TPSA) is 78.4 Å². The third-order valence-corrected chi connectivity index (χ3v) is 4.38. The number of amides is 1. The zero-order valence-electron chi connectivity index (χ0n) is 11.7. The van der Waals surface area contributed by atoms with Gasteiger partial charge in [0.15, 0.2) is 0 Å². The van der Waals surface area contributed by atoms with Crippen molar-refractivity contribution < 1.29 is 14.7 Å². The SMILES string of the molecule is CC(C)NC(=O)CCNC1C2CCC(C2)C1C(=O)O. The number of fused-ring (bicyclic) bond motifs is 2. The van der Waals surface area contributed by atoms with Crippen LogP contribution in [0.15, 0.2) is 0 Å². The van der Waals surface area contributed by atoms with Crippen molar-refractivity contribution in [2.45, 2.75) is 51.6 Å². The highest BCUT2D eigenvalue weighted by Gasteiger charge is 2.50. The average Bonchev–Trinajstić information content (AvgIpc) is 2.87. The second-order valence-corrected chi connectivity index (χ2v) is 6.15. The fraction of sp³-hybridized carbons (Fsp3) is 0.857. The fourth-order valence-corrected chi connectivity index (χ4v) is 3.69. The van der Waals surface area contributed by atoms with Gasteiger partial charge in [-0.15, -0.1) is 0 Å². The number of nitrogens with one attached hydrogen (secondary N) is 2. The molecule has 3 N–H and O–H groups in total. The van der Waals surface area contributed by atoms with E-state index in [2.05, 4.69) is 10.6 Å². The minimum Gasteiger partial charge on any atom is -0.481 e. The minimum atomic E-state index is -0.684. The van der Waals surface area contributed by atoms with Crippen LogP contribution in [0.3, 0.4) is 0 Å². The van der Waals surface area contributed by atoms with Gasteiger partial charge in [-0.2, -0.15) is 0 Å². The number of carbonyl (C=O) groups excluding carboxylic acids is 1. The number of hydrogen-bond donors (Lipinski definition) is 3. The largest absolute Gasteiger partial charge is 0.481 e. The Hall–Kier alpha value is -1.10. The van der Waals surface area contributed by atoms with Gasteiger partial charge in [0, 0.05) is 25.0 Å². The first kappa shape index (κ1) is 14.3. The number of carboxylic acid groups (broad SMARTS) is 1. The maximum atomic E-state index is 11.5. The van der Waals surface area contributed by atoms with E-state index in [-0.39, 0.29) is 23.9 Å². The van der Waals surface area contributed by atoms with Crippen LogP contribution in [0.1, 0.15) is 39.5 Å². The highest BCUT2D eigenvalue weighted by Crippen LogP contribution is 2.48. The Morgan fingerprint density at radius 1 is 1.26 bits per heavy atom. The summed E-state index contributed by atoms with van der Waals surface area (Å²) in [5.74, 6) is -0.0930. The first-order valence-electron chi connectivity index (χ1n) is 7.24. The molecule has 5 nitrogen and oxygen atoms in total. The molecule has 0 aromatic carbocycles. The molecule has 0 aliphatic heterocycles. The predicted octanol–water partition coefficient (Wildman–Crippen LogP) is 0.990. The number of hydrogen-bond acceptors (Lipinski definition) is 3. The molecule has 2 aliphatic rings. The first-order chi connectivity index (χ1) is 8.99. The van der Waals surface area contributed by atoms with E-state index in [4.69, 9.17) is 0 Å². The van der Waals surface area contributed by atoms with Gasteiger partial charge in [0.05, 0.1) is 5.92 Å². The maximum absolute atomic E-state index is 11.5. The minimum absolute atomic E-state index is 0.0255. The Kier molecular flexibility index (Phi) is 4.45. The Bertz CT molecular complexity index is 357. The summed E-state index contributed by atoms with van der Waals surface area (Å²) >= 11 is 0. The third-order valence-electron chi connectivity index (χ3n) is 4.38. The summed E-state index contributed by atoms with van der Waals surface area (Å²) in [4.78, 5) is 22.9. The highest BCUT2D eigenvalue weighted by molar-refractivity contribution is 5.76. The van der Waals surface area contributed by atoms with Crippen LogP contribution in [0.4, 0.5) is 0 Å². The van der Waals surface area contributed by atoms with Crippen molar-refractivity contribution in [2.75, 3.05) is 6.54 Å². The van der Waals surface area contributed by atoms with Crippen LogP contribution in [0.25, 0.3) is 0 Å². The van der Waals surface area contributed by atoms with Gasteiger partial charge in [-0.1, -0.05) is 0 Å². The van der Waals surface area contributed by atoms with Crippen LogP contribution in [-0.4, -0.2) is 35.6 Å². The molecule has 5 heteroatoms. The lowest BCUT2D eigenvalue weighted by Crippen LogP contribution is -2.45. The zero-order chi connectivity index (χ0) is 14.0. The normalized spacial score (nSPS) is 32.8. The molecule has 2 fully saturated rings. The van der Waals surface area contributed by atoms with Crippen LogP contribution >= 0.6 is 0 Å². The Morgan fingerprint density at radius 3 is 2.58 bits per heavy atom. The fourth-order valence-electron chi connectivity index (χ4n) is 3.69. The second-order valence-electron chi connectivity index (χ2n) is 6.15. The van der Waals surface area contributed by atoms with Crippen LogP contribution in [0.5, 0.6) is 0 Å². The van der Waals surface area contributed by atoms with E-state index >= 15 is 0 Å². The lowest BCUT2D eigenvalue weighted by atomic mass is 9.84. The molecule has 0 radical (unpaired) electrons. The number of rotatable bonds is 6. The zero-order valence-corrected chi connectivity index (χ0v) is 11.7. The summed E-state index contributed by atoms with van der Waals surface area (Å²) < 4.78 is 0. The van der Waals surface area contributed by atoms with Crippen molar-refractivity contribution in [3.05, 3.63) is 0 Å². The summed E-state index contributed by atoms with van der Waals surface area (Å²) in [5.41, 5.74) is 0. The van der Waals surface area contributed by atoms with E-state index in [0.717, 1.165) is 19.3 Å². The molecule has 0 aromatic heterocycles. The van der Waals surface area contributed by atoms with Gasteiger partial charge in [-0.05, 0) is 44.9 Å². The molecular formula is C14H24N2O3. The Labute approximate surface area is 114 Å². The van der Waals surface area contributed by atoms with Crippen LogP contribution < -0.4 is 10.6 Å². The maximum Gasteiger partial charge on any atom is 0.308 e. The molecule has 0 heterocycles. The second kappa shape index (κ2) is 5.90. The van der Waals surface area contributed by atoms with E-state index in [1.807, 2.05) is 13.8 Å². The van der Waals surface area contributed by atoms with Gasteiger partial charge in [-0.3, -0.25) is 9.59 Å². The van der Waals surface area contributed by atoms with Crippen molar-refractivity contribution in [1.29, 1.82) is 0 Å². The van der Waals surface area contributed by atoms with Crippen molar-refractivity contribution in [3.8, 4) is 0 Å². The van der Waals surface area contributed by atoms with Crippen LogP contribution in [0, 0.1) is 17.8 Å². The van der Waals surface area contributed by atoms with Gasteiger partial charge in [-0.25, -0.2) is 0 Å². The van der Waals surface area contributed by atoms with E-state index in [0.29, 0.717) is 24.8 Å². The van der Waals surface area contributed by atoms with Gasteiger partial charge >= 0.3 is 5.97 Å². The molecule has 2 rings (SSSR count). The van der Waals surface area contributed by atoms with Gasteiger partial charge < -0.3 is 15.7 Å². The lowest BCUT2D eigenvalue weighted by Gasteiger charge is -2.29. The van der Waals surface area contributed by atoms with Crippen molar-refractivity contribution in [2.24, 2.45) is 17.8 Å². The molecule has 2 bridgehead atoms. The first-order valence-corrected chi connectivity index (χ1v) is 7.24. The molecule has 2 saturated carbocycles.